The van der Waals surface area contributed by atoms with Crippen molar-refractivity contribution in [3.8, 4) is 16.9 Å². The minimum Gasteiger partial charge on any atom is -0.394 e. The number of carbonyl (C=O) groups is 1. The van der Waals surface area contributed by atoms with Crippen LogP contribution in [0.1, 0.15) is 24.9 Å². The minimum atomic E-state index is -1.64. The highest BCUT2D eigenvalue weighted by molar-refractivity contribution is 5.88. The second-order valence-electron chi connectivity index (χ2n) is 8.88. The standard InChI is InChI=1S/C24H22F3N7O5/c1-11(36)29-13-3-2-4-14(7-13)33-10-28-31-24(33)23-22(38)20(21(37)18(9-35)39-23)34-8-17(30-32-34)12-5-15(25)19(27)16(26)6-12/h2-8,10,18,20-23,35,37-38H,9H2,1H3,(H,29,36)/t18-,20+,21+,22-,23-/m1/s1. The maximum atomic E-state index is 13.8. The molecule has 4 aromatic rings. The summed E-state index contributed by atoms with van der Waals surface area (Å²) in [5.74, 6) is -4.65. The molecular formula is C24H22F3N7O5. The van der Waals surface area contributed by atoms with Gasteiger partial charge in [-0.25, -0.2) is 17.9 Å². The van der Waals surface area contributed by atoms with Crippen molar-refractivity contribution >= 4 is 11.6 Å². The lowest BCUT2D eigenvalue weighted by atomic mass is 9.92. The van der Waals surface area contributed by atoms with Gasteiger partial charge in [-0.2, -0.15) is 0 Å². The van der Waals surface area contributed by atoms with Gasteiger partial charge in [-0.05, 0) is 30.3 Å². The van der Waals surface area contributed by atoms with Gasteiger partial charge in [-0.15, -0.1) is 15.3 Å². The highest BCUT2D eigenvalue weighted by Crippen LogP contribution is 2.38. The summed E-state index contributed by atoms with van der Waals surface area (Å²) in [5, 5.41) is 50.5. The molecule has 39 heavy (non-hydrogen) atoms. The van der Waals surface area contributed by atoms with Crippen molar-refractivity contribution in [3.63, 3.8) is 0 Å². The van der Waals surface area contributed by atoms with E-state index in [1.54, 1.807) is 24.3 Å². The highest BCUT2D eigenvalue weighted by Gasteiger charge is 2.48. The Kier molecular flexibility index (Phi) is 7.14. The van der Waals surface area contributed by atoms with Gasteiger partial charge in [0.1, 0.15) is 42.5 Å². The van der Waals surface area contributed by atoms with E-state index in [1.165, 1.54) is 24.0 Å². The van der Waals surface area contributed by atoms with E-state index in [0.29, 0.717) is 11.4 Å². The Bertz CT molecular complexity index is 1490. The van der Waals surface area contributed by atoms with Crippen molar-refractivity contribution in [2.45, 2.75) is 37.4 Å². The molecule has 4 N–H and O–H groups in total. The van der Waals surface area contributed by atoms with E-state index in [9.17, 15) is 33.3 Å². The van der Waals surface area contributed by atoms with E-state index < -0.39 is 54.5 Å². The van der Waals surface area contributed by atoms with Crippen LogP contribution in [-0.4, -0.2) is 75.9 Å². The van der Waals surface area contributed by atoms with E-state index in [2.05, 4.69) is 25.8 Å². The molecule has 0 unspecified atom stereocenters. The third-order valence-electron chi connectivity index (χ3n) is 6.26. The lowest BCUT2D eigenvalue weighted by molar-refractivity contribution is -0.210. The summed E-state index contributed by atoms with van der Waals surface area (Å²) in [6.45, 7) is 0.727. The number of aromatic nitrogens is 6. The average Bonchev–Trinajstić information content (AvgIpc) is 3.58. The average molecular weight is 545 g/mol. The van der Waals surface area contributed by atoms with Gasteiger partial charge in [0.2, 0.25) is 5.91 Å². The van der Waals surface area contributed by atoms with Crippen molar-refractivity contribution in [3.05, 3.63) is 72.2 Å². The summed E-state index contributed by atoms with van der Waals surface area (Å²) in [4.78, 5) is 11.5. The first kappa shape index (κ1) is 26.4. The van der Waals surface area contributed by atoms with E-state index in [1.807, 2.05) is 0 Å². The van der Waals surface area contributed by atoms with Crippen LogP contribution in [0.15, 0.2) is 48.9 Å². The van der Waals surface area contributed by atoms with Gasteiger partial charge < -0.3 is 25.4 Å². The zero-order chi connectivity index (χ0) is 27.8. The van der Waals surface area contributed by atoms with Gasteiger partial charge in [0, 0.05) is 18.2 Å². The summed E-state index contributed by atoms with van der Waals surface area (Å²) in [5.41, 5.74) is 0.829. The molecule has 15 heteroatoms. The first-order valence-electron chi connectivity index (χ1n) is 11.6. The van der Waals surface area contributed by atoms with E-state index in [0.717, 1.165) is 16.8 Å². The number of aliphatic hydroxyl groups excluding tert-OH is 3. The zero-order valence-corrected chi connectivity index (χ0v) is 20.2. The molecule has 3 heterocycles. The van der Waals surface area contributed by atoms with Crippen LogP contribution in [-0.2, 0) is 9.53 Å². The Morgan fingerprint density at radius 1 is 1.10 bits per heavy atom. The molecule has 2 aromatic heterocycles. The second kappa shape index (κ2) is 10.5. The van der Waals surface area contributed by atoms with Gasteiger partial charge in [0.15, 0.2) is 23.3 Å². The second-order valence-corrected chi connectivity index (χ2v) is 8.88. The molecule has 1 saturated heterocycles. The number of nitrogens with one attached hydrogen (secondary N) is 1. The molecule has 5 atom stereocenters. The van der Waals surface area contributed by atoms with Crippen LogP contribution in [0, 0.1) is 17.5 Å². The van der Waals surface area contributed by atoms with Crippen LogP contribution in [0.2, 0.25) is 0 Å². The summed E-state index contributed by atoms with van der Waals surface area (Å²) >= 11 is 0. The number of ether oxygens (including phenoxy) is 1. The maximum absolute atomic E-state index is 13.8. The Morgan fingerprint density at radius 2 is 1.85 bits per heavy atom. The predicted octanol–water partition coefficient (Wildman–Crippen LogP) is 1.30. The van der Waals surface area contributed by atoms with Crippen molar-refractivity contribution < 1.29 is 38.0 Å². The number of amides is 1. The molecule has 1 fully saturated rings. The van der Waals surface area contributed by atoms with Crippen LogP contribution >= 0.6 is 0 Å². The topological polar surface area (TPSA) is 160 Å². The van der Waals surface area contributed by atoms with Gasteiger partial charge >= 0.3 is 0 Å². The highest BCUT2D eigenvalue weighted by atomic mass is 19.2. The number of aliphatic hydroxyl groups is 3. The lowest BCUT2D eigenvalue weighted by Gasteiger charge is -2.41. The number of nitrogens with zero attached hydrogens (tertiary/aromatic N) is 6. The fraction of sp³-hybridized carbons (Fsp3) is 0.292. The Morgan fingerprint density at radius 3 is 2.54 bits per heavy atom. The number of hydrogen-bond acceptors (Lipinski definition) is 9. The number of halogens is 3. The number of anilines is 1. The summed E-state index contributed by atoms with van der Waals surface area (Å²) in [6.07, 6.45) is -2.89. The SMILES string of the molecule is CC(=O)Nc1cccc(-n2cnnc2[C@@H]2O[C@H](CO)[C@H](O)[C@H](n3cc(-c4cc(F)c(F)c(F)c4)nn3)[C@H]2O)c1. The van der Waals surface area contributed by atoms with Crippen LogP contribution in [0.25, 0.3) is 16.9 Å². The molecule has 204 valence electrons. The van der Waals surface area contributed by atoms with Gasteiger partial charge in [-0.3, -0.25) is 9.36 Å². The fourth-order valence-electron chi connectivity index (χ4n) is 4.46. The van der Waals surface area contributed by atoms with E-state index >= 15 is 0 Å². The third kappa shape index (κ3) is 4.99. The van der Waals surface area contributed by atoms with Crippen LogP contribution < -0.4 is 5.32 Å². The smallest absolute Gasteiger partial charge is 0.221 e. The third-order valence-corrected chi connectivity index (χ3v) is 6.26. The monoisotopic (exact) mass is 545 g/mol. The van der Waals surface area contributed by atoms with Gasteiger partial charge in [0.25, 0.3) is 0 Å². The molecule has 0 saturated carbocycles. The first-order chi connectivity index (χ1) is 18.7. The van der Waals surface area contributed by atoms with Crippen LogP contribution in [0.5, 0.6) is 0 Å². The van der Waals surface area contributed by atoms with Crippen molar-refractivity contribution in [2.75, 3.05) is 11.9 Å². The van der Waals surface area contributed by atoms with Crippen molar-refractivity contribution in [1.29, 1.82) is 0 Å². The molecule has 1 amide bonds. The number of carbonyl (C=O) groups excluding carboxylic acids is 1. The van der Waals surface area contributed by atoms with Crippen molar-refractivity contribution in [2.24, 2.45) is 0 Å². The predicted molar refractivity (Wildman–Crippen MR) is 127 cm³/mol. The Labute approximate surface area is 218 Å². The normalized spacial score (nSPS) is 23.1. The van der Waals surface area contributed by atoms with Crippen LogP contribution in [0.3, 0.4) is 0 Å². The fourth-order valence-corrected chi connectivity index (χ4v) is 4.46. The lowest BCUT2D eigenvalue weighted by Crippen LogP contribution is -2.53. The molecule has 0 spiro atoms. The molecule has 2 aromatic carbocycles. The largest absolute Gasteiger partial charge is 0.394 e. The molecule has 0 radical (unpaired) electrons. The van der Waals surface area contributed by atoms with Gasteiger partial charge in [0.05, 0.1) is 18.5 Å². The molecule has 5 rings (SSSR count). The zero-order valence-electron chi connectivity index (χ0n) is 20.2. The summed E-state index contributed by atoms with van der Waals surface area (Å²) in [7, 11) is 0. The maximum Gasteiger partial charge on any atom is 0.221 e. The van der Waals surface area contributed by atoms with Crippen molar-refractivity contribution in [1.82, 2.24) is 29.8 Å². The minimum absolute atomic E-state index is 0.0613. The molecule has 1 aliphatic rings. The van der Waals surface area contributed by atoms with Crippen LogP contribution in [0.4, 0.5) is 18.9 Å². The number of rotatable bonds is 6. The molecular weight excluding hydrogens is 523 g/mol. The van der Waals surface area contributed by atoms with Gasteiger partial charge in [-0.1, -0.05) is 11.3 Å². The molecule has 12 nitrogen and oxygen atoms in total. The Hall–Kier alpha value is -4.18. The molecule has 1 aliphatic heterocycles. The first-order valence-corrected chi connectivity index (χ1v) is 11.6. The summed E-state index contributed by atoms with van der Waals surface area (Å²) in [6, 6.07) is 6.92. The molecule has 0 aliphatic carbocycles. The van der Waals surface area contributed by atoms with E-state index in [4.69, 9.17) is 4.74 Å². The molecule has 0 bridgehead atoms. The summed E-state index contributed by atoms with van der Waals surface area (Å²) < 4.78 is 49.3. The number of hydrogen-bond donors (Lipinski definition) is 4. The van der Waals surface area contributed by atoms with E-state index in [-0.39, 0.29) is 23.0 Å². The number of benzene rings is 2. The quantitative estimate of drug-likeness (QED) is 0.262. The Balaban J connectivity index is 1.50.